The Balaban J connectivity index is 2.04. The van der Waals surface area contributed by atoms with E-state index in [-0.39, 0.29) is 5.02 Å². The molecule has 1 amide bonds. The normalized spacial score (nSPS) is 11.7. The van der Waals surface area contributed by atoms with Gasteiger partial charge in [0.15, 0.2) is 17.7 Å². The van der Waals surface area contributed by atoms with Gasteiger partial charge in [0.2, 0.25) is 0 Å². The molecule has 0 aliphatic heterocycles. The number of nitrogens with one attached hydrogen (secondary N) is 1. The zero-order valence-electron chi connectivity index (χ0n) is 12.3. The Morgan fingerprint density at radius 1 is 1.08 bits per heavy atom. The quantitative estimate of drug-likeness (QED) is 0.666. The Labute approximate surface area is 140 Å². The highest BCUT2D eigenvalue weighted by Gasteiger charge is 2.22. The Hall–Kier alpha value is -2.54. The first-order chi connectivity index (χ1) is 11.3. The summed E-state index contributed by atoms with van der Waals surface area (Å²) in [6, 6.07) is 6.17. The van der Waals surface area contributed by atoms with E-state index in [2.05, 4.69) is 5.32 Å². The second-order valence-electron chi connectivity index (χ2n) is 4.79. The lowest BCUT2D eigenvalue weighted by Crippen LogP contribution is -2.30. The summed E-state index contributed by atoms with van der Waals surface area (Å²) in [5, 5.41) is 2.07. The van der Waals surface area contributed by atoms with E-state index in [9.17, 15) is 22.8 Å². The van der Waals surface area contributed by atoms with Gasteiger partial charge in [-0.05, 0) is 43.3 Å². The highest BCUT2D eigenvalue weighted by molar-refractivity contribution is 6.33. The molecule has 0 aromatic heterocycles. The molecule has 0 saturated heterocycles. The summed E-state index contributed by atoms with van der Waals surface area (Å²) in [6.07, 6.45) is -1.24. The molecule has 126 valence electrons. The second kappa shape index (κ2) is 7.35. The van der Waals surface area contributed by atoms with Crippen LogP contribution < -0.4 is 5.32 Å². The van der Waals surface area contributed by atoms with E-state index in [0.717, 1.165) is 12.1 Å². The summed E-state index contributed by atoms with van der Waals surface area (Å²) in [5.41, 5.74) is -0.104. The zero-order chi connectivity index (χ0) is 17.9. The first kappa shape index (κ1) is 17.8. The first-order valence-corrected chi connectivity index (χ1v) is 7.07. The summed E-state index contributed by atoms with van der Waals surface area (Å²) >= 11 is 5.66. The summed E-state index contributed by atoms with van der Waals surface area (Å²) in [5.74, 6) is -4.72. The molecular weight excluding hydrogens is 347 g/mol. The van der Waals surface area contributed by atoms with Gasteiger partial charge < -0.3 is 10.1 Å². The SMILES string of the molecule is C[C@H](OC(=O)c1cc(F)c(F)cc1Cl)C(=O)Nc1ccc(F)cc1. The Morgan fingerprint density at radius 2 is 1.67 bits per heavy atom. The smallest absolute Gasteiger partial charge is 0.340 e. The van der Waals surface area contributed by atoms with E-state index in [4.69, 9.17) is 16.3 Å². The molecule has 0 radical (unpaired) electrons. The van der Waals surface area contributed by atoms with Gasteiger partial charge in [-0.2, -0.15) is 0 Å². The van der Waals surface area contributed by atoms with Gasteiger partial charge in [0.05, 0.1) is 10.6 Å². The van der Waals surface area contributed by atoms with Crippen LogP contribution in [0.5, 0.6) is 0 Å². The van der Waals surface area contributed by atoms with Gasteiger partial charge in [0, 0.05) is 5.69 Å². The van der Waals surface area contributed by atoms with Crippen LogP contribution in [0.2, 0.25) is 5.02 Å². The minimum absolute atomic E-state index is 0.301. The monoisotopic (exact) mass is 357 g/mol. The molecule has 0 aliphatic rings. The van der Waals surface area contributed by atoms with Gasteiger partial charge in [0.25, 0.3) is 5.91 Å². The van der Waals surface area contributed by atoms with Crippen LogP contribution in [0, 0.1) is 17.5 Å². The van der Waals surface area contributed by atoms with Gasteiger partial charge in [-0.1, -0.05) is 11.6 Å². The van der Waals surface area contributed by atoms with Crippen molar-refractivity contribution in [1.29, 1.82) is 0 Å². The van der Waals surface area contributed by atoms with E-state index in [1.165, 1.54) is 19.1 Å². The number of anilines is 1. The van der Waals surface area contributed by atoms with Crippen LogP contribution in [0.1, 0.15) is 17.3 Å². The molecule has 0 saturated carbocycles. The molecule has 1 atom stereocenters. The van der Waals surface area contributed by atoms with E-state index in [1.54, 1.807) is 0 Å². The predicted molar refractivity (Wildman–Crippen MR) is 81.3 cm³/mol. The van der Waals surface area contributed by atoms with Crippen LogP contribution in [0.15, 0.2) is 36.4 Å². The maximum Gasteiger partial charge on any atom is 0.340 e. The van der Waals surface area contributed by atoms with Gasteiger partial charge >= 0.3 is 5.97 Å². The Morgan fingerprint density at radius 3 is 2.29 bits per heavy atom. The third kappa shape index (κ3) is 4.26. The average molecular weight is 358 g/mol. The highest BCUT2D eigenvalue weighted by atomic mass is 35.5. The van der Waals surface area contributed by atoms with Crippen molar-refractivity contribution in [3.05, 3.63) is 64.4 Å². The number of amides is 1. The molecule has 0 fully saturated rings. The fraction of sp³-hybridized carbons (Fsp3) is 0.125. The van der Waals surface area contributed by atoms with Crippen molar-refractivity contribution in [3.8, 4) is 0 Å². The summed E-state index contributed by atoms with van der Waals surface area (Å²) in [6.45, 7) is 1.28. The third-order valence-electron chi connectivity index (χ3n) is 2.99. The highest BCUT2D eigenvalue weighted by Crippen LogP contribution is 2.21. The van der Waals surface area contributed by atoms with Crippen LogP contribution in [0.4, 0.5) is 18.9 Å². The molecule has 4 nitrogen and oxygen atoms in total. The third-order valence-corrected chi connectivity index (χ3v) is 3.31. The van der Waals surface area contributed by atoms with E-state index >= 15 is 0 Å². The van der Waals surface area contributed by atoms with Crippen molar-refractivity contribution in [1.82, 2.24) is 0 Å². The topological polar surface area (TPSA) is 55.4 Å². The van der Waals surface area contributed by atoms with Crippen molar-refractivity contribution in [2.45, 2.75) is 13.0 Å². The van der Waals surface area contributed by atoms with Crippen LogP contribution in [0.25, 0.3) is 0 Å². The average Bonchev–Trinajstić information content (AvgIpc) is 2.52. The fourth-order valence-electron chi connectivity index (χ4n) is 1.73. The van der Waals surface area contributed by atoms with Crippen molar-refractivity contribution in [2.24, 2.45) is 0 Å². The molecule has 0 bridgehead atoms. The molecule has 2 rings (SSSR count). The number of esters is 1. The number of benzene rings is 2. The summed E-state index contributed by atoms with van der Waals surface area (Å²) in [4.78, 5) is 23.8. The minimum atomic E-state index is -1.27. The molecule has 0 heterocycles. The molecule has 2 aromatic carbocycles. The number of carbonyl (C=O) groups excluding carboxylic acids is 2. The number of rotatable bonds is 4. The molecule has 0 unspecified atom stereocenters. The molecule has 8 heteroatoms. The number of hydrogen-bond donors (Lipinski definition) is 1. The molecule has 24 heavy (non-hydrogen) atoms. The summed E-state index contributed by atoms with van der Waals surface area (Å²) < 4.78 is 43.8. The van der Waals surface area contributed by atoms with E-state index < -0.39 is 41.0 Å². The Kier molecular flexibility index (Phi) is 5.46. The second-order valence-corrected chi connectivity index (χ2v) is 5.20. The maximum absolute atomic E-state index is 13.2. The van der Waals surface area contributed by atoms with Crippen LogP contribution in [0.3, 0.4) is 0 Å². The predicted octanol–water partition coefficient (Wildman–Crippen LogP) is 3.94. The van der Waals surface area contributed by atoms with Crippen molar-refractivity contribution in [3.63, 3.8) is 0 Å². The van der Waals surface area contributed by atoms with Gasteiger partial charge in [-0.3, -0.25) is 4.79 Å². The summed E-state index contributed by atoms with van der Waals surface area (Å²) in [7, 11) is 0. The van der Waals surface area contributed by atoms with Gasteiger partial charge in [-0.15, -0.1) is 0 Å². The van der Waals surface area contributed by atoms with E-state index in [0.29, 0.717) is 17.8 Å². The van der Waals surface area contributed by atoms with Crippen molar-refractivity contribution in [2.75, 3.05) is 5.32 Å². The zero-order valence-corrected chi connectivity index (χ0v) is 13.0. The van der Waals surface area contributed by atoms with Gasteiger partial charge in [-0.25, -0.2) is 18.0 Å². The number of ether oxygens (including phenoxy) is 1. The van der Waals surface area contributed by atoms with Crippen LogP contribution in [-0.2, 0) is 9.53 Å². The first-order valence-electron chi connectivity index (χ1n) is 6.70. The lowest BCUT2D eigenvalue weighted by atomic mass is 10.2. The lowest BCUT2D eigenvalue weighted by molar-refractivity contribution is -0.123. The minimum Gasteiger partial charge on any atom is -0.449 e. The van der Waals surface area contributed by atoms with Crippen molar-refractivity contribution >= 4 is 29.2 Å². The molecular formula is C16H11ClF3NO3. The number of hydrogen-bond acceptors (Lipinski definition) is 3. The van der Waals surface area contributed by atoms with Gasteiger partial charge in [0.1, 0.15) is 5.82 Å². The molecule has 1 N–H and O–H groups in total. The standard InChI is InChI=1S/C16H11ClF3NO3/c1-8(15(22)21-10-4-2-9(18)3-5-10)24-16(23)11-6-13(19)14(20)7-12(11)17/h2-8H,1H3,(H,21,22)/t8-/m0/s1. The van der Waals surface area contributed by atoms with Crippen LogP contribution in [-0.4, -0.2) is 18.0 Å². The number of halogens is 4. The molecule has 2 aromatic rings. The fourth-order valence-corrected chi connectivity index (χ4v) is 1.96. The lowest BCUT2D eigenvalue weighted by Gasteiger charge is -2.14. The number of carbonyl (C=O) groups is 2. The molecule has 0 spiro atoms. The Bertz CT molecular complexity index is 781. The maximum atomic E-state index is 13.2. The molecule has 0 aliphatic carbocycles. The van der Waals surface area contributed by atoms with Crippen LogP contribution >= 0.6 is 11.6 Å². The van der Waals surface area contributed by atoms with E-state index in [1.807, 2.05) is 0 Å². The largest absolute Gasteiger partial charge is 0.449 e. The van der Waals surface area contributed by atoms with Crippen molar-refractivity contribution < 1.29 is 27.5 Å².